The minimum absolute atomic E-state index is 0.0162. The van der Waals surface area contributed by atoms with Crippen LogP contribution in [0.1, 0.15) is 25.5 Å². The van der Waals surface area contributed by atoms with E-state index < -0.39 is 25.0 Å². The quantitative estimate of drug-likeness (QED) is 0.749. The molecule has 1 aromatic rings. The van der Waals surface area contributed by atoms with Gasteiger partial charge in [-0.3, -0.25) is 0 Å². The number of benzene rings is 1. The summed E-state index contributed by atoms with van der Waals surface area (Å²) in [6.07, 6.45) is -3.77. The van der Waals surface area contributed by atoms with Gasteiger partial charge in [-0.05, 0) is 31.5 Å². The minimum Gasteiger partial charge on any atom is -0.491 e. The topological polar surface area (TPSA) is 44.5 Å². The Morgan fingerprint density at radius 3 is 2.48 bits per heavy atom. The first kappa shape index (κ1) is 17.7. The minimum atomic E-state index is -4.16. The predicted octanol–water partition coefficient (Wildman–Crippen LogP) is 3.39. The number of hydrogen-bond donors (Lipinski definition) is 1. The van der Waals surface area contributed by atoms with E-state index in [1.165, 1.54) is 0 Å². The highest BCUT2D eigenvalue weighted by Gasteiger charge is 2.41. The van der Waals surface area contributed by atoms with E-state index >= 15 is 0 Å². The lowest BCUT2D eigenvalue weighted by Gasteiger charge is -2.18. The molecule has 0 aliphatic carbocycles. The summed E-state index contributed by atoms with van der Waals surface area (Å²) >= 11 is 0. The van der Waals surface area contributed by atoms with Crippen LogP contribution in [0.5, 0.6) is 5.75 Å². The van der Waals surface area contributed by atoms with Gasteiger partial charge in [0.2, 0.25) is 0 Å². The van der Waals surface area contributed by atoms with Gasteiger partial charge in [-0.1, -0.05) is 12.1 Å². The molecule has 3 nitrogen and oxygen atoms in total. The van der Waals surface area contributed by atoms with Gasteiger partial charge in [-0.2, -0.15) is 8.78 Å². The van der Waals surface area contributed by atoms with Crippen molar-refractivity contribution in [2.24, 2.45) is 5.73 Å². The Labute approximate surface area is 121 Å². The summed E-state index contributed by atoms with van der Waals surface area (Å²) in [6, 6.07) is 6.10. The van der Waals surface area contributed by atoms with Gasteiger partial charge in [-0.15, -0.1) is 0 Å². The van der Waals surface area contributed by atoms with Gasteiger partial charge in [-0.25, -0.2) is 8.78 Å². The van der Waals surface area contributed by atoms with E-state index in [-0.39, 0.29) is 12.7 Å². The summed E-state index contributed by atoms with van der Waals surface area (Å²) in [4.78, 5) is 0. The molecule has 0 spiro atoms. The second-order valence-electron chi connectivity index (χ2n) is 4.92. The van der Waals surface area contributed by atoms with Crippen molar-refractivity contribution in [3.05, 3.63) is 29.8 Å². The molecular weight excluding hydrogens is 290 g/mol. The van der Waals surface area contributed by atoms with Crippen LogP contribution in [0.2, 0.25) is 0 Å². The average molecular weight is 309 g/mol. The lowest BCUT2D eigenvalue weighted by molar-refractivity contribution is -0.166. The molecule has 0 bridgehead atoms. The molecular formula is C14H19F4NO2. The first-order chi connectivity index (χ1) is 9.72. The molecule has 1 aromatic carbocycles. The van der Waals surface area contributed by atoms with Gasteiger partial charge in [0.1, 0.15) is 12.4 Å². The van der Waals surface area contributed by atoms with Gasteiger partial charge >= 0.3 is 12.3 Å². The molecule has 120 valence electrons. The predicted molar refractivity (Wildman–Crippen MR) is 70.9 cm³/mol. The Morgan fingerprint density at radius 1 is 1.24 bits per heavy atom. The summed E-state index contributed by atoms with van der Waals surface area (Å²) in [7, 11) is 0. The van der Waals surface area contributed by atoms with E-state index in [9.17, 15) is 17.6 Å². The van der Waals surface area contributed by atoms with Crippen molar-refractivity contribution in [3.8, 4) is 5.75 Å². The number of hydrogen-bond acceptors (Lipinski definition) is 3. The fraction of sp³-hybridized carbons (Fsp3) is 0.571. The van der Waals surface area contributed by atoms with Gasteiger partial charge in [0, 0.05) is 0 Å². The van der Waals surface area contributed by atoms with Crippen LogP contribution < -0.4 is 10.5 Å². The number of rotatable bonds is 8. The molecule has 21 heavy (non-hydrogen) atoms. The highest BCUT2D eigenvalue weighted by atomic mass is 19.3. The van der Waals surface area contributed by atoms with Crippen LogP contribution in [0, 0.1) is 0 Å². The van der Waals surface area contributed by atoms with Crippen molar-refractivity contribution in [2.75, 3.05) is 13.2 Å². The van der Waals surface area contributed by atoms with Crippen molar-refractivity contribution < 1.29 is 27.0 Å². The van der Waals surface area contributed by atoms with Crippen LogP contribution in [0.4, 0.5) is 17.6 Å². The van der Waals surface area contributed by atoms with Crippen molar-refractivity contribution in [2.45, 2.75) is 38.3 Å². The van der Waals surface area contributed by atoms with Crippen LogP contribution in [0.25, 0.3) is 0 Å². The van der Waals surface area contributed by atoms with Gasteiger partial charge < -0.3 is 15.2 Å². The van der Waals surface area contributed by atoms with Crippen molar-refractivity contribution >= 4 is 0 Å². The fourth-order valence-corrected chi connectivity index (χ4v) is 1.57. The zero-order chi connectivity index (χ0) is 16.0. The van der Waals surface area contributed by atoms with Crippen LogP contribution in [-0.4, -0.2) is 31.7 Å². The highest BCUT2D eigenvalue weighted by Crippen LogP contribution is 2.24. The molecule has 1 rings (SSSR count). The maximum atomic E-state index is 12.7. The maximum absolute atomic E-state index is 12.7. The highest BCUT2D eigenvalue weighted by molar-refractivity contribution is 5.30. The van der Waals surface area contributed by atoms with E-state index in [1.54, 1.807) is 24.3 Å². The number of alkyl halides is 4. The van der Waals surface area contributed by atoms with Gasteiger partial charge in [0.15, 0.2) is 0 Å². The second kappa shape index (κ2) is 7.61. The standard InChI is InChI=1S/C14H19F4NO2/c1-9(2)21-11-5-3-4-10(6-11)12(19)7-20-8-14(17,18)13(15)16/h3-6,9,12-13H,7-8,19H2,1-2H3. The number of nitrogens with two attached hydrogens (primary N) is 1. The third kappa shape index (κ3) is 5.89. The third-order valence-corrected chi connectivity index (χ3v) is 2.57. The Hall–Kier alpha value is -1.34. The molecule has 0 heterocycles. The van der Waals surface area contributed by atoms with E-state index in [4.69, 9.17) is 10.5 Å². The largest absolute Gasteiger partial charge is 0.491 e. The molecule has 0 aliphatic heterocycles. The van der Waals surface area contributed by atoms with Crippen LogP contribution >= 0.6 is 0 Å². The Balaban J connectivity index is 2.54. The summed E-state index contributed by atoms with van der Waals surface area (Å²) in [5.74, 6) is -3.57. The van der Waals surface area contributed by atoms with Crippen LogP contribution in [0.15, 0.2) is 24.3 Å². The fourth-order valence-electron chi connectivity index (χ4n) is 1.57. The Bertz CT molecular complexity index is 441. The zero-order valence-electron chi connectivity index (χ0n) is 11.9. The molecule has 0 aromatic heterocycles. The van der Waals surface area contributed by atoms with Crippen molar-refractivity contribution in [1.82, 2.24) is 0 Å². The second-order valence-corrected chi connectivity index (χ2v) is 4.92. The molecule has 0 aliphatic rings. The number of halogens is 4. The third-order valence-electron chi connectivity index (χ3n) is 2.57. The van der Waals surface area contributed by atoms with Gasteiger partial charge in [0.05, 0.1) is 18.8 Å². The van der Waals surface area contributed by atoms with Crippen LogP contribution in [0.3, 0.4) is 0 Å². The smallest absolute Gasteiger partial charge is 0.330 e. The first-order valence-corrected chi connectivity index (χ1v) is 6.48. The molecule has 0 amide bonds. The normalized spacial score (nSPS) is 13.8. The Kier molecular flexibility index (Phi) is 6.42. The summed E-state index contributed by atoms with van der Waals surface area (Å²) in [5, 5.41) is 0. The van der Waals surface area contributed by atoms with Crippen LogP contribution in [-0.2, 0) is 4.74 Å². The molecule has 1 unspecified atom stereocenters. The van der Waals surface area contributed by atoms with E-state index in [0.29, 0.717) is 11.3 Å². The van der Waals surface area contributed by atoms with E-state index in [0.717, 1.165) is 0 Å². The Morgan fingerprint density at radius 2 is 1.90 bits per heavy atom. The summed E-state index contributed by atoms with van der Waals surface area (Å²) in [6.45, 7) is 2.08. The molecule has 2 N–H and O–H groups in total. The van der Waals surface area contributed by atoms with Crippen molar-refractivity contribution in [1.29, 1.82) is 0 Å². The van der Waals surface area contributed by atoms with Gasteiger partial charge in [0.25, 0.3) is 0 Å². The molecule has 0 fully saturated rings. The van der Waals surface area contributed by atoms with E-state index in [1.807, 2.05) is 13.8 Å². The zero-order valence-corrected chi connectivity index (χ0v) is 11.9. The summed E-state index contributed by atoms with van der Waals surface area (Å²) < 4.78 is 59.3. The van der Waals surface area contributed by atoms with Crippen molar-refractivity contribution in [3.63, 3.8) is 0 Å². The molecule has 7 heteroatoms. The molecule has 0 saturated carbocycles. The molecule has 0 saturated heterocycles. The summed E-state index contributed by atoms with van der Waals surface area (Å²) in [5.41, 5.74) is 6.41. The lowest BCUT2D eigenvalue weighted by atomic mass is 10.1. The monoisotopic (exact) mass is 309 g/mol. The molecule has 1 atom stereocenters. The lowest BCUT2D eigenvalue weighted by Crippen LogP contribution is -2.33. The van der Waals surface area contributed by atoms with E-state index in [2.05, 4.69) is 4.74 Å². The molecule has 0 radical (unpaired) electrons. The number of ether oxygens (including phenoxy) is 2. The SMILES string of the molecule is CC(C)Oc1cccc(C(N)COCC(F)(F)C(F)F)c1. The first-order valence-electron chi connectivity index (χ1n) is 6.48. The average Bonchev–Trinajstić information content (AvgIpc) is 2.37. The maximum Gasteiger partial charge on any atom is 0.330 e.